The molecule has 108 valence electrons. The van der Waals surface area contributed by atoms with Gasteiger partial charge in [0.15, 0.2) is 0 Å². The molecule has 0 unspecified atom stereocenters. The van der Waals surface area contributed by atoms with E-state index < -0.39 is 0 Å². The molecule has 0 aliphatic heterocycles. The Labute approximate surface area is 120 Å². The number of furan rings is 1. The average Bonchev–Trinajstić information content (AvgIpc) is 2.89. The first kappa shape index (κ1) is 14.8. The molecule has 0 radical (unpaired) electrons. The van der Waals surface area contributed by atoms with Crippen LogP contribution in [0.5, 0.6) is 0 Å². The van der Waals surface area contributed by atoms with Crippen molar-refractivity contribution in [3.05, 3.63) is 53.7 Å². The third-order valence-electron chi connectivity index (χ3n) is 2.99. The van der Waals surface area contributed by atoms with Gasteiger partial charge < -0.3 is 9.73 Å². The van der Waals surface area contributed by atoms with Crippen molar-refractivity contribution in [2.75, 3.05) is 7.05 Å². The van der Waals surface area contributed by atoms with Crippen LogP contribution in [0.25, 0.3) is 0 Å². The summed E-state index contributed by atoms with van der Waals surface area (Å²) in [4.78, 5) is 6.87. The molecule has 0 saturated carbocycles. The number of pyridine rings is 1. The first-order valence-corrected chi connectivity index (χ1v) is 7.02. The summed E-state index contributed by atoms with van der Waals surface area (Å²) in [5.74, 6) is 0.977. The lowest BCUT2D eigenvalue weighted by Gasteiger charge is -2.15. The summed E-state index contributed by atoms with van der Waals surface area (Å²) in [6.45, 7) is 6.70. The highest BCUT2D eigenvalue weighted by atomic mass is 16.3. The molecule has 1 N–H and O–H groups in total. The minimum Gasteiger partial charge on any atom is -0.468 e. The van der Waals surface area contributed by atoms with Gasteiger partial charge in [-0.15, -0.1) is 0 Å². The minimum absolute atomic E-state index is 0.474. The third-order valence-corrected chi connectivity index (χ3v) is 2.99. The molecule has 0 spiro atoms. The molecule has 0 aliphatic carbocycles. The van der Waals surface area contributed by atoms with Crippen molar-refractivity contribution in [3.8, 4) is 0 Å². The van der Waals surface area contributed by atoms with E-state index in [9.17, 15) is 0 Å². The second-order valence-corrected chi connectivity index (χ2v) is 5.41. The number of hydrogen-bond acceptors (Lipinski definition) is 4. The number of aromatic nitrogens is 1. The number of nitrogens with one attached hydrogen (secondary N) is 1. The highest BCUT2D eigenvalue weighted by Gasteiger charge is 2.05. The van der Waals surface area contributed by atoms with E-state index in [1.165, 1.54) is 0 Å². The molecule has 2 aromatic heterocycles. The Hall–Kier alpha value is -1.65. The largest absolute Gasteiger partial charge is 0.468 e. The summed E-state index contributed by atoms with van der Waals surface area (Å²) in [5, 5.41) is 3.39. The smallest absolute Gasteiger partial charge is 0.117 e. The molecule has 0 fully saturated rings. The highest BCUT2D eigenvalue weighted by Crippen LogP contribution is 2.08. The molecule has 20 heavy (non-hydrogen) atoms. The second-order valence-electron chi connectivity index (χ2n) is 5.41. The number of nitrogens with zero attached hydrogens (tertiary/aromatic N) is 2. The zero-order valence-electron chi connectivity index (χ0n) is 12.5. The summed E-state index contributed by atoms with van der Waals surface area (Å²) in [5.41, 5.74) is 2.17. The van der Waals surface area contributed by atoms with E-state index in [0.717, 1.165) is 36.8 Å². The molecule has 2 rings (SSSR count). The molecular weight excluding hydrogens is 250 g/mol. The van der Waals surface area contributed by atoms with E-state index in [1.54, 1.807) is 6.26 Å². The lowest BCUT2D eigenvalue weighted by atomic mass is 10.2. The van der Waals surface area contributed by atoms with Gasteiger partial charge in [0.05, 0.1) is 24.2 Å². The Morgan fingerprint density at radius 2 is 1.95 bits per heavy atom. The highest BCUT2D eigenvalue weighted by molar-refractivity contribution is 5.11. The molecule has 0 amide bonds. The topological polar surface area (TPSA) is 41.3 Å². The predicted molar refractivity (Wildman–Crippen MR) is 80.1 cm³/mol. The molecule has 0 bridgehead atoms. The maximum absolute atomic E-state index is 5.36. The molecule has 0 aromatic carbocycles. The standard InChI is InChI=1S/C16H23N3O/c1-13(2)17-10-14-6-4-7-15(18-14)11-19(3)12-16-8-5-9-20-16/h4-9,13,17H,10-12H2,1-3H3. The summed E-state index contributed by atoms with van der Waals surface area (Å²) in [6, 6.07) is 10.6. The van der Waals surface area contributed by atoms with Gasteiger partial charge >= 0.3 is 0 Å². The fourth-order valence-electron chi connectivity index (χ4n) is 2.03. The first-order valence-electron chi connectivity index (χ1n) is 7.02. The summed E-state index contributed by atoms with van der Waals surface area (Å²) < 4.78 is 5.36. The molecule has 4 nitrogen and oxygen atoms in total. The molecule has 0 atom stereocenters. The molecule has 0 saturated heterocycles. The van der Waals surface area contributed by atoms with Gasteiger partial charge in [0, 0.05) is 19.1 Å². The molecular formula is C16H23N3O. The van der Waals surface area contributed by atoms with E-state index >= 15 is 0 Å². The van der Waals surface area contributed by atoms with Crippen LogP contribution in [0.2, 0.25) is 0 Å². The van der Waals surface area contributed by atoms with E-state index in [2.05, 4.69) is 54.3 Å². The van der Waals surface area contributed by atoms with E-state index in [4.69, 9.17) is 4.42 Å². The van der Waals surface area contributed by atoms with Crippen molar-refractivity contribution >= 4 is 0 Å². The molecule has 4 heteroatoms. The lowest BCUT2D eigenvalue weighted by molar-refractivity contribution is 0.284. The fraction of sp³-hybridized carbons (Fsp3) is 0.438. The van der Waals surface area contributed by atoms with Gasteiger partial charge in [-0.25, -0.2) is 0 Å². The van der Waals surface area contributed by atoms with E-state index in [0.29, 0.717) is 6.04 Å². The predicted octanol–water partition coefficient (Wildman–Crippen LogP) is 2.80. The summed E-state index contributed by atoms with van der Waals surface area (Å²) in [6.07, 6.45) is 1.71. The van der Waals surface area contributed by atoms with Crippen LogP contribution in [0.1, 0.15) is 31.0 Å². The zero-order valence-corrected chi connectivity index (χ0v) is 12.5. The third kappa shape index (κ3) is 4.79. The zero-order chi connectivity index (χ0) is 14.4. The van der Waals surface area contributed by atoms with Crippen LogP contribution in [-0.4, -0.2) is 23.0 Å². The quantitative estimate of drug-likeness (QED) is 0.842. The van der Waals surface area contributed by atoms with Crippen molar-refractivity contribution in [1.82, 2.24) is 15.2 Å². The van der Waals surface area contributed by atoms with Crippen LogP contribution in [0, 0.1) is 0 Å². The van der Waals surface area contributed by atoms with Gasteiger partial charge in [-0.05, 0) is 31.3 Å². The van der Waals surface area contributed by atoms with Crippen LogP contribution in [-0.2, 0) is 19.6 Å². The van der Waals surface area contributed by atoms with Crippen molar-refractivity contribution in [2.45, 2.75) is 39.5 Å². The van der Waals surface area contributed by atoms with Gasteiger partial charge in [-0.1, -0.05) is 19.9 Å². The molecule has 0 aliphatic rings. The normalized spacial score (nSPS) is 11.4. The lowest BCUT2D eigenvalue weighted by Crippen LogP contribution is -2.23. The maximum atomic E-state index is 5.36. The van der Waals surface area contributed by atoms with E-state index in [-0.39, 0.29) is 0 Å². The van der Waals surface area contributed by atoms with Crippen molar-refractivity contribution < 1.29 is 4.42 Å². The molecule has 2 aromatic rings. The average molecular weight is 273 g/mol. The van der Waals surface area contributed by atoms with Crippen LogP contribution in [0.15, 0.2) is 41.0 Å². The van der Waals surface area contributed by atoms with Crippen molar-refractivity contribution in [1.29, 1.82) is 0 Å². The van der Waals surface area contributed by atoms with Crippen LogP contribution >= 0.6 is 0 Å². The van der Waals surface area contributed by atoms with Gasteiger partial charge in [0.1, 0.15) is 5.76 Å². The van der Waals surface area contributed by atoms with Crippen LogP contribution in [0.3, 0.4) is 0 Å². The number of hydrogen-bond donors (Lipinski definition) is 1. The summed E-state index contributed by atoms with van der Waals surface area (Å²) >= 11 is 0. The minimum atomic E-state index is 0.474. The molecule has 2 heterocycles. The fourth-order valence-corrected chi connectivity index (χ4v) is 2.03. The Bertz CT molecular complexity index is 508. The van der Waals surface area contributed by atoms with Crippen molar-refractivity contribution in [2.24, 2.45) is 0 Å². The van der Waals surface area contributed by atoms with Crippen LogP contribution in [0.4, 0.5) is 0 Å². The number of rotatable bonds is 7. The Morgan fingerprint density at radius 1 is 1.15 bits per heavy atom. The summed E-state index contributed by atoms with van der Waals surface area (Å²) in [7, 11) is 2.07. The van der Waals surface area contributed by atoms with E-state index in [1.807, 2.05) is 12.1 Å². The Morgan fingerprint density at radius 3 is 2.65 bits per heavy atom. The maximum Gasteiger partial charge on any atom is 0.117 e. The monoisotopic (exact) mass is 273 g/mol. The van der Waals surface area contributed by atoms with Gasteiger partial charge in [0.25, 0.3) is 0 Å². The van der Waals surface area contributed by atoms with Gasteiger partial charge in [0.2, 0.25) is 0 Å². The first-order chi connectivity index (χ1) is 9.63. The van der Waals surface area contributed by atoms with Gasteiger partial charge in [-0.3, -0.25) is 9.88 Å². The van der Waals surface area contributed by atoms with Crippen LogP contribution < -0.4 is 5.32 Å². The Kier molecular flexibility index (Phi) is 5.32. The van der Waals surface area contributed by atoms with Gasteiger partial charge in [-0.2, -0.15) is 0 Å². The van der Waals surface area contributed by atoms with Crippen molar-refractivity contribution in [3.63, 3.8) is 0 Å². The SMILES string of the molecule is CC(C)NCc1cccc(CN(C)Cc2ccco2)n1. The Balaban J connectivity index is 1.90. The second kappa shape index (κ2) is 7.22.